The van der Waals surface area contributed by atoms with Gasteiger partial charge in [0.1, 0.15) is 5.75 Å². The molecular weight excluding hydrogens is 497 g/mol. The molecule has 1 aromatic rings. The molecular formula is C18H31BrIN3O2. The number of nitrogens with zero attached hydrogens (tertiary/aromatic N) is 1. The molecule has 0 amide bonds. The van der Waals surface area contributed by atoms with Crippen LogP contribution >= 0.6 is 39.9 Å². The first-order chi connectivity index (χ1) is 11.6. The van der Waals surface area contributed by atoms with Gasteiger partial charge >= 0.3 is 0 Å². The molecule has 0 bridgehead atoms. The maximum atomic E-state index is 9.16. The molecule has 1 aromatic carbocycles. The monoisotopic (exact) mass is 527 g/mol. The van der Waals surface area contributed by atoms with Crippen molar-refractivity contribution in [3.05, 3.63) is 28.2 Å². The van der Waals surface area contributed by atoms with E-state index in [1.54, 1.807) is 7.11 Å². The summed E-state index contributed by atoms with van der Waals surface area (Å²) in [6.45, 7) is 6.70. The van der Waals surface area contributed by atoms with E-state index in [1.165, 1.54) is 0 Å². The SMILES string of the molecule is CCCC(CCO)CNC(=NCc1ccc(OC)c(Br)c1)NCC.I. The van der Waals surface area contributed by atoms with Gasteiger partial charge < -0.3 is 20.5 Å². The van der Waals surface area contributed by atoms with E-state index in [4.69, 9.17) is 9.84 Å². The number of ether oxygens (including phenoxy) is 1. The molecule has 3 N–H and O–H groups in total. The highest BCUT2D eigenvalue weighted by Crippen LogP contribution is 2.25. The van der Waals surface area contributed by atoms with Gasteiger partial charge in [-0.15, -0.1) is 24.0 Å². The molecule has 25 heavy (non-hydrogen) atoms. The largest absolute Gasteiger partial charge is 0.496 e. The van der Waals surface area contributed by atoms with Crippen LogP contribution < -0.4 is 15.4 Å². The number of halogens is 2. The van der Waals surface area contributed by atoms with Crippen molar-refractivity contribution in [2.24, 2.45) is 10.9 Å². The van der Waals surface area contributed by atoms with Crippen molar-refractivity contribution in [2.45, 2.75) is 39.7 Å². The summed E-state index contributed by atoms with van der Waals surface area (Å²) in [5.74, 6) is 2.10. The van der Waals surface area contributed by atoms with E-state index in [0.717, 1.165) is 54.1 Å². The van der Waals surface area contributed by atoms with Crippen LogP contribution in [0.5, 0.6) is 5.75 Å². The molecule has 0 aliphatic heterocycles. The summed E-state index contributed by atoms with van der Waals surface area (Å²) in [7, 11) is 1.66. The van der Waals surface area contributed by atoms with Crippen molar-refractivity contribution >= 4 is 45.9 Å². The molecule has 1 rings (SSSR count). The van der Waals surface area contributed by atoms with Crippen LogP contribution in [-0.4, -0.2) is 37.9 Å². The number of aliphatic imine (C=N–C) groups is 1. The second kappa shape index (κ2) is 14.6. The molecule has 0 aliphatic carbocycles. The summed E-state index contributed by atoms with van der Waals surface area (Å²) in [5, 5.41) is 15.8. The molecule has 0 spiro atoms. The Hall–Kier alpha value is -0.540. The first-order valence-electron chi connectivity index (χ1n) is 8.60. The fourth-order valence-corrected chi connectivity index (χ4v) is 3.09. The van der Waals surface area contributed by atoms with Gasteiger partial charge in [-0.1, -0.05) is 19.4 Å². The van der Waals surface area contributed by atoms with Crippen molar-refractivity contribution < 1.29 is 9.84 Å². The zero-order valence-electron chi connectivity index (χ0n) is 15.3. The number of rotatable bonds is 10. The summed E-state index contributed by atoms with van der Waals surface area (Å²) in [5.41, 5.74) is 1.11. The lowest BCUT2D eigenvalue weighted by Gasteiger charge is -2.18. The molecule has 0 saturated heterocycles. The number of nitrogens with one attached hydrogen (secondary N) is 2. The number of hydrogen-bond donors (Lipinski definition) is 3. The van der Waals surface area contributed by atoms with Crippen LogP contribution in [0.3, 0.4) is 0 Å². The van der Waals surface area contributed by atoms with Crippen LogP contribution in [0.4, 0.5) is 0 Å². The molecule has 0 heterocycles. The number of guanidine groups is 1. The number of benzene rings is 1. The van der Waals surface area contributed by atoms with Gasteiger partial charge in [0.2, 0.25) is 0 Å². The normalized spacial score (nSPS) is 12.3. The number of methoxy groups -OCH3 is 1. The van der Waals surface area contributed by atoms with Gasteiger partial charge in [0, 0.05) is 19.7 Å². The third-order valence-electron chi connectivity index (χ3n) is 3.77. The highest BCUT2D eigenvalue weighted by molar-refractivity contribution is 14.0. The summed E-state index contributed by atoms with van der Waals surface area (Å²) in [4.78, 5) is 4.64. The van der Waals surface area contributed by atoms with E-state index < -0.39 is 0 Å². The van der Waals surface area contributed by atoms with Gasteiger partial charge in [-0.2, -0.15) is 0 Å². The Morgan fingerprint density at radius 3 is 2.60 bits per heavy atom. The Balaban J connectivity index is 0.00000576. The average molecular weight is 528 g/mol. The Morgan fingerprint density at radius 1 is 1.28 bits per heavy atom. The minimum absolute atomic E-state index is 0. The Kier molecular flexibility index (Phi) is 14.3. The lowest BCUT2D eigenvalue weighted by Crippen LogP contribution is -2.40. The van der Waals surface area contributed by atoms with E-state index in [9.17, 15) is 0 Å². The van der Waals surface area contributed by atoms with Crippen LogP contribution in [0.1, 0.15) is 38.7 Å². The molecule has 0 fully saturated rings. The van der Waals surface area contributed by atoms with Crippen molar-refractivity contribution in [2.75, 3.05) is 26.8 Å². The Bertz CT molecular complexity index is 509. The number of hydrogen-bond acceptors (Lipinski definition) is 3. The predicted octanol–water partition coefficient (Wildman–Crippen LogP) is 3.93. The molecule has 5 nitrogen and oxygen atoms in total. The second-order valence-electron chi connectivity index (χ2n) is 5.71. The van der Waals surface area contributed by atoms with E-state index in [-0.39, 0.29) is 30.6 Å². The lowest BCUT2D eigenvalue weighted by atomic mass is 10.0. The Morgan fingerprint density at radius 2 is 2.04 bits per heavy atom. The molecule has 144 valence electrons. The predicted molar refractivity (Wildman–Crippen MR) is 119 cm³/mol. The van der Waals surface area contributed by atoms with Crippen LogP contribution in [0.15, 0.2) is 27.7 Å². The fraction of sp³-hybridized carbons (Fsp3) is 0.611. The molecule has 0 saturated carbocycles. The van der Waals surface area contributed by atoms with Gasteiger partial charge in [-0.05, 0) is 59.3 Å². The fourth-order valence-electron chi connectivity index (χ4n) is 2.50. The third kappa shape index (κ3) is 9.65. The minimum atomic E-state index is 0. The van der Waals surface area contributed by atoms with E-state index in [0.29, 0.717) is 12.5 Å². The van der Waals surface area contributed by atoms with Gasteiger partial charge in [0.25, 0.3) is 0 Å². The summed E-state index contributed by atoms with van der Waals surface area (Å²) < 4.78 is 6.18. The third-order valence-corrected chi connectivity index (χ3v) is 4.39. The zero-order valence-corrected chi connectivity index (χ0v) is 19.3. The topological polar surface area (TPSA) is 65.9 Å². The minimum Gasteiger partial charge on any atom is -0.496 e. The molecule has 1 atom stereocenters. The van der Waals surface area contributed by atoms with E-state index >= 15 is 0 Å². The quantitative estimate of drug-likeness (QED) is 0.245. The van der Waals surface area contributed by atoms with Crippen molar-refractivity contribution in [3.63, 3.8) is 0 Å². The smallest absolute Gasteiger partial charge is 0.191 e. The molecule has 0 radical (unpaired) electrons. The van der Waals surface area contributed by atoms with Crippen molar-refractivity contribution in [1.82, 2.24) is 10.6 Å². The molecule has 0 aliphatic rings. The van der Waals surface area contributed by atoms with Crippen LogP contribution in [0.25, 0.3) is 0 Å². The van der Waals surface area contributed by atoms with Crippen LogP contribution in [0.2, 0.25) is 0 Å². The second-order valence-corrected chi connectivity index (χ2v) is 6.57. The number of aliphatic hydroxyl groups is 1. The van der Waals surface area contributed by atoms with Gasteiger partial charge in [-0.3, -0.25) is 0 Å². The first kappa shape index (κ1) is 24.5. The first-order valence-corrected chi connectivity index (χ1v) is 9.39. The Labute approximate surface area is 177 Å². The van der Waals surface area contributed by atoms with Crippen molar-refractivity contribution in [3.8, 4) is 5.75 Å². The molecule has 7 heteroatoms. The van der Waals surface area contributed by atoms with E-state index in [2.05, 4.69) is 45.4 Å². The summed E-state index contributed by atoms with van der Waals surface area (Å²) in [6.07, 6.45) is 3.06. The van der Waals surface area contributed by atoms with Crippen LogP contribution in [-0.2, 0) is 6.54 Å². The van der Waals surface area contributed by atoms with Gasteiger partial charge in [0.05, 0.1) is 18.1 Å². The number of aliphatic hydroxyl groups excluding tert-OH is 1. The molecule has 0 aromatic heterocycles. The lowest BCUT2D eigenvalue weighted by molar-refractivity contribution is 0.251. The maximum absolute atomic E-state index is 9.16. The highest BCUT2D eigenvalue weighted by atomic mass is 127. The standard InChI is InChI=1S/C18H30BrN3O2.HI/c1-4-6-14(9-10-23)12-21-18(20-5-2)22-13-15-7-8-17(24-3)16(19)11-15;/h7-8,11,14,23H,4-6,9-10,12-13H2,1-3H3,(H2,20,21,22);1H. The average Bonchev–Trinajstić information content (AvgIpc) is 2.57. The molecule has 1 unspecified atom stereocenters. The van der Waals surface area contributed by atoms with E-state index in [1.807, 2.05) is 18.2 Å². The van der Waals surface area contributed by atoms with Gasteiger partial charge in [0.15, 0.2) is 5.96 Å². The zero-order chi connectivity index (χ0) is 17.8. The summed E-state index contributed by atoms with van der Waals surface area (Å²) >= 11 is 3.50. The summed E-state index contributed by atoms with van der Waals surface area (Å²) in [6, 6.07) is 5.98. The highest BCUT2D eigenvalue weighted by Gasteiger charge is 2.08. The van der Waals surface area contributed by atoms with Crippen LogP contribution in [0, 0.1) is 5.92 Å². The maximum Gasteiger partial charge on any atom is 0.191 e. The van der Waals surface area contributed by atoms with Gasteiger partial charge in [-0.25, -0.2) is 4.99 Å². The van der Waals surface area contributed by atoms with Crippen molar-refractivity contribution in [1.29, 1.82) is 0 Å².